The molecule has 0 aromatic carbocycles. The van der Waals surface area contributed by atoms with E-state index in [0.29, 0.717) is 5.57 Å². The predicted octanol–water partition coefficient (Wildman–Crippen LogP) is 3.93. The van der Waals surface area contributed by atoms with Crippen molar-refractivity contribution in [3.05, 3.63) is 36.5 Å². The number of allylic oxidation sites excluding steroid dienone is 5. The van der Waals surface area contributed by atoms with Crippen LogP contribution in [0.15, 0.2) is 36.5 Å². The molecule has 1 nitrogen and oxygen atoms in total. The Morgan fingerprint density at radius 3 is 1.85 bits per heavy atom. The number of aldehydes is 1. The lowest BCUT2D eigenvalue weighted by atomic mass is 10.2. The van der Waals surface area contributed by atoms with Gasteiger partial charge in [-0.05, 0) is 6.92 Å². The fourth-order valence-electron chi connectivity index (χ4n) is 0.383. The molecule has 0 bridgehead atoms. The number of carbonyl (C=O) groups is 1. The van der Waals surface area contributed by atoms with Gasteiger partial charge in [-0.25, -0.2) is 0 Å². The van der Waals surface area contributed by atoms with E-state index >= 15 is 0 Å². The van der Waals surface area contributed by atoms with Crippen molar-refractivity contribution in [1.82, 2.24) is 0 Å². The van der Waals surface area contributed by atoms with Gasteiger partial charge in [-0.3, -0.25) is 4.79 Å². The van der Waals surface area contributed by atoms with Crippen molar-refractivity contribution in [2.45, 2.75) is 34.6 Å². The molecule has 0 amide bonds. The Hall–Kier alpha value is -1.11. The largest absolute Gasteiger partial charge is 0.298 e. The molecule has 76 valence electrons. The first-order chi connectivity index (χ1) is 6.35. The summed E-state index contributed by atoms with van der Waals surface area (Å²) in [6.07, 6.45) is 7.61. The van der Waals surface area contributed by atoms with Crippen molar-refractivity contribution in [2.24, 2.45) is 0 Å². The summed E-state index contributed by atoms with van der Waals surface area (Å²) in [4.78, 5) is 10.1. The Labute approximate surface area is 82.9 Å². The maximum atomic E-state index is 10.1. The van der Waals surface area contributed by atoms with Gasteiger partial charge in [-0.15, -0.1) is 0 Å². The van der Waals surface area contributed by atoms with Crippen molar-refractivity contribution in [1.29, 1.82) is 0 Å². The van der Waals surface area contributed by atoms with Gasteiger partial charge < -0.3 is 0 Å². The van der Waals surface area contributed by atoms with Crippen molar-refractivity contribution in [3.63, 3.8) is 0 Å². The molecule has 0 aliphatic rings. The highest BCUT2D eigenvalue weighted by Crippen LogP contribution is 1.90. The molecule has 13 heavy (non-hydrogen) atoms. The summed E-state index contributed by atoms with van der Waals surface area (Å²) in [6, 6.07) is 0. The summed E-state index contributed by atoms with van der Waals surface area (Å²) in [7, 11) is 0. The van der Waals surface area contributed by atoms with Crippen LogP contribution < -0.4 is 0 Å². The second-order valence-electron chi connectivity index (χ2n) is 1.50. The van der Waals surface area contributed by atoms with Gasteiger partial charge in [-0.1, -0.05) is 58.6 Å². The monoisotopic (exact) mass is 182 g/mol. The molecule has 0 saturated carbocycles. The third-order valence-electron chi connectivity index (χ3n) is 0.894. The van der Waals surface area contributed by atoms with E-state index in [1.54, 1.807) is 24.3 Å². The van der Waals surface area contributed by atoms with Gasteiger partial charge in [0, 0.05) is 5.57 Å². The lowest BCUT2D eigenvalue weighted by Crippen LogP contribution is -1.74. The van der Waals surface area contributed by atoms with Crippen molar-refractivity contribution < 1.29 is 4.79 Å². The zero-order valence-corrected chi connectivity index (χ0v) is 9.50. The second-order valence-corrected chi connectivity index (χ2v) is 1.50. The quantitative estimate of drug-likeness (QED) is 0.367. The molecule has 0 unspecified atom stereocenters. The topological polar surface area (TPSA) is 17.1 Å². The molecule has 0 fully saturated rings. The Bertz CT molecular complexity index is 153. The van der Waals surface area contributed by atoms with Crippen LogP contribution in [-0.4, -0.2) is 6.29 Å². The van der Waals surface area contributed by atoms with Gasteiger partial charge in [0.15, 0.2) is 0 Å². The van der Waals surface area contributed by atoms with Gasteiger partial charge in [-0.2, -0.15) is 0 Å². The SMILES string of the molecule is C=C/C=C\C(C=O)=C/C.CC.CC. The summed E-state index contributed by atoms with van der Waals surface area (Å²) in [5.74, 6) is 0. The minimum atomic E-state index is 0.676. The van der Waals surface area contributed by atoms with Crippen LogP contribution >= 0.6 is 0 Å². The first-order valence-corrected chi connectivity index (χ1v) is 4.75. The predicted molar refractivity (Wildman–Crippen MR) is 61.9 cm³/mol. The first kappa shape index (κ1) is 17.8. The highest BCUT2D eigenvalue weighted by atomic mass is 16.1. The summed E-state index contributed by atoms with van der Waals surface area (Å²) >= 11 is 0. The van der Waals surface area contributed by atoms with Crippen LogP contribution in [0.5, 0.6) is 0 Å². The molecular formula is C12H22O. The molecule has 0 radical (unpaired) electrons. The van der Waals surface area contributed by atoms with Gasteiger partial charge in [0.25, 0.3) is 0 Å². The van der Waals surface area contributed by atoms with Crippen molar-refractivity contribution >= 4 is 6.29 Å². The summed E-state index contributed by atoms with van der Waals surface area (Å²) in [5, 5.41) is 0. The Morgan fingerprint density at radius 2 is 1.62 bits per heavy atom. The molecule has 0 aromatic heterocycles. The Morgan fingerprint density at radius 1 is 1.15 bits per heavy atom. The average molecular weight is 182 g/mol. The molecule has 0 spiro atoms. The molecule has 0 aromatic rings. The number of carbonyl (C=O) groups excluding carboxylic acids is 1. The van der Waals surface area contributed by atoms with Crippen LogP contribution in [0.25, 0.3) is 0 Å². The third kappa shape index (κ3) is 18.1. The van der Waals surface area contributed by atoms with Crippen LogP contribution in [0.4, 0.5) is 0 Å². The van der Waals surface area contributed by atoms with E-state index in [4.69, 9.17) is 0 Å². The second kappa shape index (κ2) is 22.4. The minimum Gasteiger partial charge on any atom is -0.298 e. The van der Waals surface area contributed by atoms with Gasteiger partial charge in [0.05, 0.1) is 0 Å². The molecule has 0 atom stereocenters. The molecule has 0 heterocycles. The maximum Gasteiger partial charge on any atom is 0.149 e. The zero-order chi connectivity index (χ0) is 11.1. The maximum absolute atomic E-state index is 10.1. The molecule has 0 aliphatic heterocycles. The summed E-state index contributed by atoms with van der Waals surface area (Å²) in [5.41, 5.74) is 0.676. The molecule has 0 rings (SSSR count). The van der Waals surface area contributed by atoms with E-state index < -0.39 is 0 Å². The lowest BCUT2D eigenvalue weighted by molar-refractivity contribution is -0.104. The third-order valence-corrected chi connectivity index (χ3v) is 0.894. The van der Waals surface area contributed by atoms with Crippen molar-refractivity contribution in [2.75, 3.05) is 0 Å². The highest BCUT2D eigenvalue weighted by Gasteiger charge is 1.80. The Balaban J connectivity index is -0.000000218. The van der Waals surface area contributed by atoms with Crippen LogP contribution in [-0.2, 0) is 4.79 Å². The summed E-state index contributed by atoms with van der Waals surface area (Å²) in [6.45, 7) is 13.3. The van der Waals surface area contributed by atoms with Gasteiger partial charge >= 0.3 is 0 Å². The summed E-state index contributed by atoms with van der Waals surface area (Å²) < 4.78 is 0. The molecule has 0 aliphatic carbocycles. The van der Waals surface area contributed by atoms with E-state index in [9.17, 15) is 4.79 Å². The normalized spacial score (nSPS) is 9.15. The van der Waals surface area contributed by atoms with Gasteiger partial charge in [0.1, 0.15) is 6.29 Å². The first-order valence-electron chi connectivity index (χ1n) is 4.75. The fraction of sp³-hybridized carbons (Fsp3) is 0.417. The Kier molecular flexibility index (Phi) is 30.8. The highest BCUT2D eigenvalue weighted by molar-refractivity contribution is 5.77. The van der Waals surface area contributed by atoms with E-state index in [2.05, 4.69) is 6.58 Å². The molecule has 1 heteroatoms. The number of hydrogen-bond acceptors (Lipinski definition) is 1. The van der Waals surface area contributed by atoms with E-state index in [-0.39, 0.29) is 0 Å². The van der Waals surface area contributed by atoms with Gasteiger partial charge in [0.2, 0.25) is 0 Å². The van der Waals surface area contributed by atoms with Crippen LogP contribution in [0.2, 0.25) is 0 Å². The fourth-order valence-corrected chi connectivity index (χ4v) is 0.383. The standard InChI is InChI=1S/C8H10O.2C2H6/c1-3-5-6-8(4-2)7-9;2*1-2/h3-7H,1H2,2H3;2*1-2H3/b6-5-,8-4+;;. The molecular weight excluding hydrogens is 160 g/mol. The van der Waals surface area contributed by atoms with E-state index in [0.717, 1.165) is 6.29 Å². The van der Waals surface area contributed by atoms with Crippen LogP contribution in [0.1, 0.15) is 34.6 Å². The molecule has 0 N–H and O–H groups in total. The average Bonchev–Trinajstić information content (AvgIpc) is 2.25. The van der Waals surface area contributed by atoms with E-state index in [1.165, 1.54) is 0 Å². The molecule has 0 saturated heterocycles. The number of hydrogen-bond donors (Lipinski definition) is 0. The smallest absolute Gasteiger partial charge is 0.149 e. The van der Waals surface area contributed by atoms with Crippen molar-refractivity contribution in [3.8, 4) is 0 Å². The zero-order valence-electron chi connectivity index (χ0n) is 9.50. The van der Waals surface area contributed by atoms with Crippen LogP contribution in [0.3, 0.4) is 0 Å². The van der Waals surface area contributed by atoms with E-state index in [1.807, 2.05) is 34.6 Å². The lowest BCUT2D eigenvalue weighted by Gasteiger charge is -1.81. The van der Waals surface area contributed by atoms with Crippen LogP contribution in [0, 0.1) is 0 Å². The number of rotatable bonds is 3. The minimum absolute atomic E-state index is 0.676.